The van der Waals surface area contributed by atoms with Crippen LogP contribution in [0.1, 0.15) is 40.6 Å². The van der Waals surface area contributed by atoms with Crippen LogP contribution in [0, 0.1) is 12.7 Å². The van der Waals surface area contributed by atoms with E-state index in [1.165, 1.54) is 19.4 Å². The molecule has 0 spiro atoms. The van der Waals surface area contributed by atoms with Gasteiger partial charge in [0.15, 0.2) is 11.5 Å². The molecule has 4 aromatic heterocycles. The average Bonchev–Trinajstić information content (AvgIpc) is 3.52. The first-order chi connectivity index (χ1) is 15.9. The number of pyridine rings is 1. The van der Waals surface area contributed by atoms with Crippen molar-refractivity contribution in [2.75, 3.05) is 23.9 Å². The van der Waals surface area contributed by atoms with Crippen molar-refractivity contribution in [3.8, 4) is 5.88 Å². The van der Waals surface area contributed by atoms with E-state index in [1.54, 1.807) is 16.9 Å². The van der Waals surface area contributed by atoms with Gasteiger partial charge in [0.2, 0.25) is 5.88 Å². The summed E-state index contributed by atoms with van der Waals surface area (Å²) in [5, 5.41) is 7.06. The summed E-state index contributed by atoms with van der Waals surface area (Å²) in [4.78, 5) is 28.1. The molecule has 0 saturated carbocycles. The number of imidazole rings is 1. The summed E-state index contributed by atoms with van der Waals surface area (Å²) < 4.78 is 22.7. The Morgan fingerprint density at radius 1 is 1.30 bits per heavy atom. The first kappa shape index (κ1) is 20.9. The second-order valence-corrected chi connectivity index (χ2v) is 7.95. The fourth-order valence-corrected chi connectivity index (χ4v) is 4.20. The zero-order chi connectivity index (χ0) is 23.1. The first-order valence-corrected chi connectivity index (χ1v) is 10.6. The second kappa shape index (κ2) is 8.15. The Balaban J connectivity index is 1.48. The predicted octanol–water partition coefficient (Wildman–Crippen LogP) is 2.91. The molecule has 33 heavy (non-hydrogen) atoms. The number of fused-ring (bicyclic) bond motifs is 1. The molecule has 5 rings (SSSR count). The lowest BCUT2D eigenvalue weighted by Crippen LogP contribution is -2.24. The van der Waals surface area contributed by atoms with Gasteiger partial charge in [-0.05, 0) is 31.9 Å². The molecule has 1 fully saturated rings. The number of nitrogens with one attached hydrogen (secondary N) is 1. The van der Waals surface area contributed by atoms with E-state index in [1.807, 2.05) is 24.6 Å². The van der Waals surface area contributed by atoms with Gasteiger partial charge in [-0.2, -0.15) is 5.10 Å². The van der Waals surface area contributed by atoms with Crippen LogP contribution >= 0.6 is 0 Å². The van der Waals surface area contributed by atoms with Crippen LogP contribution in [0.5, 0.6) is 5.88 Å². The van der Waals surface area contributed by atoms with Crippen LogP contribution in [-0.2, 0) is 7.05 Å². The summed E-state index contributed by atoms with van der Waals surface area (Å²) in [6, 6.07) is 3.15. The maximum Gasteiger partial charge on any atom is 0.262 e. The van der Waals surface area contributed by atoms with Crippen LogP contribution in [0.4, 0.5) is 16.0 Å². The third-order valence-electron chi connectivity index (χ3n) is 5.89. The van der Waals surface area contributed by atoms with Crippen LogP contribution in [-0.4, -0.2) is 48.7 Å². The molecule has 4 aromatic rings. The number of carbonyl (C=O) groups excluding carboxylic acids is 1. The quantitative estimate of drug-likeness (QED) is 0.499. The summed E-state index contributed by atoms with van der Waals surface area (Å²) >= 11 is 0. The van der Waals surface area contributed by atoms with E-state index in [2.05, 4.69) is 25.3 Å². The molecular weight excluding hydrogens is 427 g/mol. The maximum absolute atomic E-state index is 14.0. The van der Waals surface area contributed by atoms with Gasteiger partial charge in [0.05, 0.1) is 25.5 Å². The molecule has 0 bridgehead atoms. The van der Waals surface area contributed by atoms with Gasteiger partial charge in [0.1, 0.15) is 23.0 Å². The van der Waals surface area contributed by atoms with E-state index in [9.17, 15) is 9.18 Å². The number of methoxy groups -OCH3 is 1. The SMILES string of the molecule is COc1ncc(F)cc1C1CCCN1c1ccn2ncc(C(=O)Nc3cn(C)c(C)n3)c2n1. The fourth-order valence-electron chi connectivity index (χ4n) is 4.20. The number of amides is 1. The zero-order valence-corrected chi connectivity index (χ0v) is 18.5. The van der Waals surface area contributed by atoms with Crippen LogP contribution in [0.2, 0.25) is 0 Å². The number of nitrogens with zero attached hydrogens (tertiary/aromatic N) is 7. The highest BCUT2D eigenvalue weighted by Crippen LogP contribution is 2.38. The van der Waals surface area contributed by atoms with E-state index in [0.29, 0.717) is 34.3 Å². The van der Waals surface area contributed by atoms with Crippen molar-refractivity contribution in [3.05, 3.63) is 59.7 Å². The number of hydrogen-bond acceptors (Lipinski definition) is 7. The minimum Gasteiger partial charge on any atom is -0.481 e. The fraction of sp³-hybridized carbons (Fsp3) is 0.318. The molecule has 11 heteroatoms. The third kappa shape index (κ3) is 3.75. The minimum absolute atomic E-state index is 0.144. The predicted molar refractivity (Wildman–Crippen MR) is 119 cm³/mol. The van der Waals surface area contributed by atoms with Gasteiger partial charge in [0.25, 0.3) is 5.91 Å². The van der Waals surface area contributed by atoms with Crippen LogP contribution in [0.25, 0.3) is 5.65 Å². The summed E-state index contributed by atoms with van der Waals surface area (Å²) in [6.45, 7) is 2.59. The highest BCUT2D eigenvalue weighted by atomic mass is 19.1. The Bertz CT molecular complexity index is 1330. The molecule has 1 unspecified atom stereocenters. The Hall–Kier alpha value is -4.02. The number of anilines is 2. The Morgan fingerprint density at radius 3 is 2.91 bits per heavy atom. The average molecular weight is 450 g/mol. The first-order valence-electron chi connectivity index (χ1n) is 10.6. The van der Waals surface area contributed by atoms with Crippen molar-refractivity contribution in [1.29, 1.82) is 0 Å². The van der Waals surface area contributed by atoms with Crippen molar-refractivity contribution in [3.63, 3.8) is 0 Å². The van der Waals surface area contributed by atoms with Gasteiger partial charge in [-0.1, -0.05) is 0 Å². The molecule has 1 aliphatic rings. The molecular formula is C22H23FN8O2. The molecule has 0 aromatic carbocycles. The molecule has 1 atom stereocenters. The van der Waals surface area contributed by atoms with Gasteiger partial charge < -0.3 is 19.5 Å². The van der Waals surface area contributed by atoms with E-state index >= 15 is 0 Å². The van der Waals surface area contributed by atoms with Crippen LogP contribution in [0.15, 0.2) is 36.9 Å². The van der Waals surface area contributed by atoms with E-state index in [0.717, 1.165) is 31.4 Å². The summed E-state index contributed by atoms with van der Waals surface area (Å²) in [7, 11) is 3.38. The third-order valence-corrected chi connectivity index (χ3v) is 5.89. The van der Waals surface area contributed by atoms with E-state index < -0.39 is 5.82 Å². The molecule has 170 valence electrons. The number of halogens is 1. The van der Waals surface area contributed by atoms with Crippen molar-refractivity contribution >= 4 is 23.2 Å². The maximum atomic E-state index is 14.0. The topological polar surface area (TPSA) is 102 Å². The zero-order valence-electron chi connectivity index (χ0n) is 18.5. The van der Waals surface area contributed by atoms with Crippen LogP contribution < -0.4 is 15.0 Å². The number of aryl methyl sites for hydroxylation is 2. The van der Waals surface area contributed by atoms with Gasteiger partial charge >= 0.3 is 0 Å². The van der Waals surface area contributed by atoms with Gasteiger partial charge in [-0.3, -0.25) is 4.79 Å². The number of carbonyl (C=O) groups is 1. The van der Waals surface area contributed by atoms with Gasteiger partial charge in [-0.25, -0.2) is 23.9 Å². The number of rotatable bonds is 5. The van der Waals surface area contributed by atoms with Crippen molar-refractivity contribution in [2.24, 2.45) is 7.05 Å². The molecule has 1 N–H and O–H groups in total. The van der Waals surface area contributed by atoms with E-state index in [-0.39, 0.29) is 11.9 Å². The normalized spacial score (nSPS) is 15.9. The standard InChI is InChI=1S/C22H23FN8O2/c1-13-26-18(12-29(13)2)27-21(32)16-11-25-31-8-6-19(28-20(16)31)30-7-4-5-17(30)15-9-14(23)10-24-22(15)33-3/h6,8-12,17H,4-5,7H2,1-3H3,(H,27,32). The summed E-state index contributed by atoms with van der Waals surface area (Å²) in [5.41, 5.74) is 1.43. The molecule has 0 aliphatic carbocycles. The number of hydrogen-bond donors (Lipinski definition) is 1. The monoisotopic (exact) mass is 450 g/mol. The minimum atomic E-state index is -0.416. The molecule has 10 nitrogen and oxygen atoms in total. The molecule has 0 radical (unpaired) electrons. The molecule has 5 heterocycles. The number of aromatic nitrogens is 6. The Morgan fingerprint density at radius 2 is 2.15 bits per heavy atom. The Kier molecular flexibility index (Phi) is 5.15. The second-order valence-electron chi connectivity index (χ2n) is 7.95. The Labute approximate surface area is 189 Å². The van der Waals surface area contributed by atoms with Crippen molar-refractivity contribution in [2.45, 2.75) is 25.8 Å². The summed E-state index contributed by atoms with van der Waals surface area (Å²) in [6.07, 6.45) is 7.84. The van der Waals surface area contributed by atoms with Gasteiger partial charge in [-0.15, -0.1) is 0 Å². The van der Waals surface area contributed by atoms with Crippen molar-refractivity contribution in [1.82, 2.24) is 29.1 Å². The van der Waals surface area contributed by atoms with E-state index in [4.69, 9.17) is 9.72 Å². The lowest BCUT2D eigenvalue weighted by atomic mass is 10.1. The molecule has 1 aliphatic heterocycles. The van der Waals surface area contributed by atoms with Gasteiger partial charge in [0, 0.05) is 31.5 Å². The highest BCUT2D eigenvalue weighted by Gasteiger charge is 2.31. The van der Waals surface area contributed by atoms with Crippen LogP contribution in [0.3, 0.4) is 0 Å². The van der Waals surface area contributed by atoms with Crippen molar-refractivity contribution < 1.29 is 13.9 Å². The highest BCUT2D eigenvalue weighted by molar-refractivity contribution is 6.07. The largest absolute Gasteiger partial charge is 0.481 e. The summed E-state index contributed by atoms with van der Waals surface area (Å²) in [5.74, 6) is 1.54. The molecule has 1 saturated heterocycles. The lowest BCUT2D eigenvalue weighted by molar-refractivity contribution is 0.102. The lowest BCUT2D eigenvalue weighted by Gasteiger charge is -2.26. The number of ether oxygens (including phenoxy) is 1. The molecule has 1 amide bonds. The smallest absolute Gasteiger partial charge is 0.262 e.